The van der Waals surface area contributed by atoms with Crippen molar-refractivity contribution >= 4 is 28.9 Å². The van der Waals surface area contributed by atoms with Crippen LogP contribution in [0.15, 0.2) is 42.5 Å². The van der Waals surface area contributed by atoms with Crippen molar-refractivity contribution in [3.63, 3.8) is 0 Å². The van der Waals surface area contributed by atoms with Gasteiger partial charge in [-0.2, -0.15) is 4.98 Å². The van der Waals surface area contributed by atoms with E-state index in [2.05, 4.69) is 60.4 Å². The molecule has 0 saturated carbocycles. The quantitative estimate of drug-likeness (QED) is 0.606. The summed E-state index contributed by atoms with van der Waals surface area (Å²) in [5.41, 5.74) is 6.81. The zero-order valence-electron chi connectivity index (χ0n) is 17.3. The summed E-state index contributed by atoms with van der Waals surface area (Å²) in [5, 5.41) is 6.68. The fourth-order valence-corrected chi connectivity index (χ4v) is 3.76. The summed E-state index contributed by atoms with van der Waals surface area (Å²) in [6.45, 7) is 8.27. The Balaban J connectivity index is 1.76. The number of aryl methyl sites for hydroxylation is 3. The van der Waals surface area contributed by atoms with Crippen LogP contribution in [0.3, 0.4) is 0 Å². The van der Waals surface area contributed by atoms with Gasteiger partial charge in [-0.3, -0.25) is 4.79 Å². The Hall–Kier alpha value is -3.21. The van der Waals surface area contributed by atoms with Crippen LogP contribution in [-0.2, 0) is 6.42 Å². The molecule has 4 rings (SSSR count). The fourth-order valence-electron chi connectivity index (χ4n) is 3.76. The molecule has 1 atom stereocenters. The largest absolute Gasteiger partial charge is 0.339 e. The number of fused-ring (bicyclic) bond motifs is 1. The molecule has 1 aromatic heterocycles. The van der Waals surface area contributed by atoms with Crippen molar-refractivity contribution in [2.75, 3.05) is 10.6 Å². The van der Waals surface area contributed by atoms with Gasteiger partial charge in [0.05, 0.1) is 11.3 Å². The van der Waals surface area contributed by atoms with Crippen molar-refractivity contribution in [2.24, 2.45) is 5.92 Å². The number of hydrogen-bond donors (Lipinski definition) is 2. The summed E-state index contributed by atoms with van der Waals surface area (Å²) in [5.74, 6) is 1.47. The highest BCUT2D eigenvalue weighted by atomic mass is 16.1. The summed E-state index contributed by atoms with van der Waals surface area (Å²) in [6.07, 6.45) is 1.30. The van der Waals surface area contributed by atoms with E-state index >= 15 is 0 Å². The van der Waals surface area contributed by atoms with Crippen molar-refractivity contribution in [2.45, 2.75) is 40.5 Å². The minimum atomic E-state index is 0.105. The lowest BCUT2D eigenvalue weighted by Crippen LogP contribution is -2.22. The van der Waals surface area contributed by atoms with E-state index < -0.39 is 0 Å². The maximum atomic E-state index is 12.8. The van der Waals surface area contributed by atoms with E-state index in [0.29, 0.717) is 23.8 Å². The van der Waals surface area contributed by atoms with Gasteiger partial charge in [0.25, 0.3) is 0 Å². The van der Waals surface area contributed by atoms with Crippen LogP contribution >= 0.6 is 0 Å². The third kappa shape index (κ3) is 4.14. The number of carbonyl (C=O) groups is 1. The first-order valence-corrected chi connectivity index (χ1v) is 10.0. The van der Waals surface area contributed by atoms with Crippen LogP contribution in [-0.4, -0.2) is 15.8 Å². The number of rotatable bonds is 4. The predicted molar refractivity (Wildman–Crippen MR) is 118 cm³/mol. The van der Waals surface area contributed by atoms with Crippen LogP contribution in [0.2, 0.25) is 0 Å². The molecule has 2 aromatic carbocycles. The molecule has 1 unspecified atom stereocenters. The van der Waals surface area contributed by atoms with E-state index in [4.69, 9.17) is 0 Å². The number of benzene rings is 2. The maximum Gasteiger partial charge on any atom is 0.229 e. The van der Waals surface area contributed by atoms with Crippen molar-refractivity contribution in [3.05, 3.63) is 70.4 Å². The molecular formula is C24H26N4O. The molecular weight excluding hydrogens is 360 g/mol. The van der Waals surface area contributed by atoms with Gasteiger partial charge >= 0.3 is 0 Å². The lowest BCUT2D eigenvalue weighted by atomic mass is 9.87. The number of ketones is 1. The molecule has 29 heavy (non-hydrogen) atoms. The van der Waals surface area contributed by atoms with Crippen LogP contribution in [0.4, 0.5) is 23.1 Å². The van der Waals surface area contributed by atoms with Gasteiger partial charge in [0, 0.05) is 17.8 Å². The average Bonchev–Trinajstić information content (AvgIpc) is 2.65. The minimum Gasteiger partial charge on any atom is -0.339 e. The molecule has 0 fully saturated rings. The summed E-state index contributed by atoms with van der Waals surface area (Å²) < 4.78 is 0. The standard InChI is InChI=1S/C24H26N4O/c1-14-5-8-18(9-6-14)25-24-27-20-12-16(3)13-21(29)22(20)23(28-24)26-19-10-7-15(2)11-17(19)4/h5-11,16H,12-13H2,1-4H3,(H2,25,26,27,28). The summed E-state index contributed by atoms with van der Waals surface area (Å²) in [7, 11) is 0. The smallest absolute Gasteiger partial charge is 0.229 e. The molecule has 0 bridgehead atoms. The molecule has 0 radical (unpaired) electrons. The van der Waals surface area contributed by atoms with Gasteiger partial charge < -0.3 is 10.6 Å². The highest BCUT2D eigenvalue weighted by Gasteiger charge is 2.28. The summed E-state index contributed by atoms with van der Waals surface area (Å²) >= 11 is 0. The van der Waals surface area contributed by atoms with E-state index in [9.17, 15) is 4.79 Å². The van der Waals surface area contributed by atoms with Crippen LogP contribution in [0.25, 0.3) is 0 Å². The highest BCUT2D eigenvalue weighted by molar-refractivity contribution is 6.03. The average molecular weight is 386 g/mol. The second-order valence-corrected chi connectivity index (χ2v) is 8.09. The fraction of sp³-hybridized carbons (Fsp3) is 0.292. The van der Waals surface area contributed by atoms with Crippen LogP contribution < -0.4 is 10.6 Å². The van der Waals surface area contributed by atoms with Gasteiger partial charge in [0.15, 0.2) is 5.78 Å². The summed E-state index contributed by atoms with van der Waals surface area (Å²) in [6, 6.07) is 14.3. The first-order chi connectivity index (χ1) is 13.9. The van der Waals surface area contributed by atoms with Crippen molar-refractivity contribution in [1.82, 2.24) is 9.97 Å². The molecule has 5 heteroatoms. The Morgan fingerprint density at radius 1 is 0.897 bits per heavy atom. The van der Waals surface area contributed by atoms with E-state index in [1.165, 1.54) is 11.1 Å². The molecule has 0 saturated heterocycles. The third-order valence-corrected chi connectivity index (χ3v) is 5.28. The molecule has 2 N–H and O–H groups in total. The number of Topliss-reactive ketones (excluding diaryl/α,β-unsaturated/α-hetero) is 1. The van der Waals surface area contributed by atoms with Gasteiger partial charge in [-0.15, -0.1) is 0 Å². The van der Waals surface area contributed by atoms with Gasteiger partial charge in [0.2, 0.25) is 5.95 Å². The Bertz CT molecular complexity index is 1070. The SMILES string of the molecule is Cc1ccc(Nc2nc3c(c(Nc4ccc(C)cc4C)n2)C(=O)CC(C)C3)cc1. The van der Waals surface area contributed by atoms with Crippen LogP contribution in [0, 0.1) is 26.7 Å². The first kappa shape index (κ1) is 19.1. The molecule has 0 amide bonds. The lowest BCUT2D eigenvalue weighted by Gasteiger charge is -2.23. The lowest BCUT2D eigenvalue weighted by molar-refractivity contribution is 0.0953. The predicted octanol–water partition coefficient (Wildman–Crippen LogP) is 5.65. The number of nitrogens with zero attached hydrogens (tertiary/aromatic N) is 2. The second-order valence-electron chi connectivity index (χ2n) is 8.09. The van der Waals surface area contributed by atoms with Gasteiger partial charge in [-0.05, 0) is 56.9 Å². The molecule has 1 heterocycles. The van der Waals surface area contributed by atoms with Gasteiger partial charge in [-0.1, -0.05) is 42.3 Å². The highest BCUT2D eigenvalue weighted by Crippen LogP contribution is 2.32. The Kier molecular flexibility index (Phi) is 5.05. The number of nitrogens with one attached hydrogen (secondary N) is 2. The first-order valence-electron chi connectivity index (χ1n) is 10.0. The van der Waals surface area contributed by atoms with E-state index in [1.54, 1.807) is 0 Å². The zero-order valence-corrected chi connectivity index (χ0v) is 17.3. The Labute approximate surface area is 171 Å². The van der Waals surface area contributed by atoms with E-state index in [-0.39, 0.29) is 11.7 Å². The number of anilines is 4. The third-order valence-electron chi connectivity index (χ3n) is 5.28. The van der Waals surface area contributed by atoms with E-state index in [0.717, 1.165) is 29.1 Å². The molecule has 1 aliphatic rings. The Morgan fingerprint density at radius 2 is 1.62 bits per heavy atom. The van der Waals surface area contributed by atoms with Gasteiger partial charge in [-0.25, -0.2) is 4.98 Å². The van der Waals surface area contributed by atoms with Crippen LogP contribution in [0.5, 0.6) is 0 Å². The summed E-state index contributed by atoms with van der Waals surface area (Å²) in [4.78, 5) is 22.2. The molecule has 148 valence electrons. The molecule has 3 aromatic rings. The minimum absolute atomic E-state index is 0.105. The zero-order chi connectivity index (χ0) is 20.5. The van der Waals surface area contributed by atoms with Crippen molar-refractivity contribution < 1.29 is 4.79 Å². The van der Waals surface area contributed by atoms with Gasteiger partial charge in [0.1, 0.15) is 5.82 Å². The Morgan fingerprint density at radius 3 is 2.34 bits per heavy atom. The van der Waals surface area contributed by atoms with Crippen molar-refractivity contribution in [3.8, 4) is 0 Å². The van der Waals surface area contributed by atoms with E-state index in [1.807, 2.05) is 30.3 Å². The maximum absolute atomic E-state index is 12.8. The molecule has 1 aliphatic carbocycles. The molecule has 0 aliphatic heterocycles. The second kappa shape index (κ2) is 7.66. The van der Waals surface area contributed by atoms with Crippen LogP contribution in [0.1, 0.15) is 46.1 Å². The topological polar surface area (TPSA) is 66.9 Å². The monoisotopic (exact) mass is 386 g/mol. The van der Waals surface area contributed by atoms with Crippen molar-refractivity contribution in [1.29, 1.82) is 0 Å². The number of carbonyl (C=O) groups excluding carboxylic acids is 1. The normalized spacial score (nSPS) is 15.7. The number of hydrogen-bond acceptors (Lipinski definition) is 5. The molecule has 5 nitrogen and oxygen atoms in total. The number of aromatic nitrogens is 2. The molecule has 0 spiro atoms.